The lowest BCUT2D eigenvalue weighted by molar-refractivity contribution is -0.129. The van der Waals surface area contributed by atoms with Gasteiger partial charge in [0.2, 0.25) is 11.8 Å². The fraction of sp³-hybridized carbons (Fsp3) is 0.529. The van der Waals surface area contributed by atoms with Gasteiger partial charge in [-0.05, 0) is 48.9 Å². The molecule has 0 saturated carbocycles. The maximum atomic E-state index is 12.1. The summed E-state index contributed by atoms with van der Waals surface area (Å²) in [5.74, 6) is 0.0764. The van der Waals surface area contributed by atoms with E-state index in [9.17, 15) is 9.59 Å². The Balaban J connectivity index is 1.87. The van der Waals surface area contributed by atoms with Crippen LogP contribution < -0.4 is 11.1 Å². The normalized spacial score (nSPS) is 16.7. The summed E-state index contributed by atoms with van der Waals surface area (Å²) < 4.78 is 0. The van der Waals surface area contributed by atoms with Crippen molar-refractivity contribution in [3.05, 3.63) is 29.3 Å². The van der Waals surface area contributed by atoms with Crippen LogP contribution in [0.1, 0.15) is 49.3 Å². The first-order valence-corrected chi connectivity index (χ1v) is 7.85. The number of nitrogen functional groups attached to an aromatic ring is 1. The average Bonchev–Trinajstić information content (AvgIpc) is 2.46. The third-order valence-corrected chi connectivity index (χ3v) is 4.11. The van der Waals surface area contributed by atoms with Crippen LogP contribution in [0.4, 0.5) is 5.69 Å². The predicted molar refractivity (Wildman–Crippen MR) is 87.2 cm³/mol. The molecule has 2 amide bonds. The van der Waals surface area contributed by atoms with Gasteiger partial charge in [0.25, 0.3) is 0 Å². The van der Waals surface area contributed by atoms with E-state index in [0.29, 0.717) is 19.3 Å². The molecule has 0 spiro atoms. The van der Waals surface area contributed by atoms with E-state index in [1.165, 1.54) is 11.1 Å². The van der Waals surface area contributed by atoms with Gasteiger partial charge < -0.3 is 16.0 Å². The lowest BCUT2D eigenvalue weighted by Crippen LogP contribution is -2.31. The van der Waals surface area contributed by atoms with Crippen LogP contribution in [0.5, 0.6) is 0 Å². The molecule has 0 bridgehead atoms. The van der Waals surface area contributed by atoms with Gasteiger partial charge in [0.15, 0.2) is 0 Å². The molecule has 1 aliphatic carbocycles. The van der Waals surface area contributed by atoms with Crippen LogP contribution >= 0.6 is 0 Å². The van der Waals surface area contributed by atoms with E-state index < -0.39 is 0 Å². The standard InChI is InChI=1S/C17H25N3O2/c1-20(2)17(22)8-4-7-16(21)19-15-6-3-5-12-11-13(18)9-10-14(12)15/h9-11,15H,3-8,18H2,1-2H3,(H,19,21). The molecule has 0 radical (unpaired) electrons. The second-order valence-corrected chi connectivity index (χ2v) is 6.11. The van der Waals surface area contributed by atoms with E-state index in [1.807, 2.05) is 18.2 Å². The Kier molecular flexibility index (Phi) is 5.41. The van der Waals surface area contributed by atoms with Crippen LogP contribution in [0.15, 0.2) is 18.2 Å². The Bertz CT molecular complexity index is 555. The van der Waals surface area contributed by atoms with Crippen molar-refractivity contribution in [3.63, 3.8) is 0 Å². The maximum Gasteiger partial charge on any atom is 0.222 e. The second kappa shape index (κ2) is 7.29. The lowest BCUT2D eigenvalue weighted by atomic mass is 9.87. The summed E-state index contributed by atoms with van der Waals surface area (Å²) in [6, 6.07) is 5.98. The minimum absolute atomic E-state index is 0.0150. The Morgan fingerprint density at radius 1 is 1.32 bits per heavy atom. The number of carbonyl (C=O) groups is 2. The molecule has 0 saturated heterocycles. The van der Waals surface area contributed by atoms with Crippen LogP contribution in [-0.2, 0) is 16.0 Å². The van der Waals surface area contributed by atoms with E-state index in [4.69, 9.17) is 5.73 Å². The van der Waals surface area contributed by atoms with Crippen molar-refractivity contribution < 1.29 is 9.59 Å². The minimum atomic E-state index is 0.0150. The smallest absolute Gasteiger partial charge is 0.222 e. The molecule has 1 unspecified atom stereocenters. The summed E-state index contributed by atoms with van der Waals surface area (Å²) >= 11 is 0. The van der Waals surface area contributed by atoms with Crippen LogP contribution in [0.25, 0.3) is 0 Å². The molecular weight excluding hydrogens is 278 g/mol. The number of rotatable bonds is 5. The summed E-state index contributed by atoms with van der Waals surface area (Å²) in [6.45, 7) is 0. The van der Waals surface area contributed by atoms with Gasteiger partial charge in [-0.1, -0.05) is 6.07 Å². The molecule has 0 aliphatic heterocycles. The highest BCUT2D eigenvalue weighted by Crippen LogP contribution is 2.31. The Morgan fingerprint density at radius 2 is 2.09 bits per heavy atom. The van der Waals surface area contributed by atoms with E-state index >= 15 is 0 Å². The first-order valence-electron chi connectivity index (χ1n) is 7.85. The molecule has 1 aromatic carbocycles. The van der Waals surface area contributed by atoms with Crippen molar-refractivity contribution in [3.8, 4) is 0 Å². The summed E-state index contributed by atoms with van der Waals surface area (Å²) in [4.78, 5) is 25.1. The summed E-state index contributed by atoms with van der Waals surface area (Å²) in [5, 5.41) is 3.09. The van der Waals surface area contributed by atoms with Crippen LogP contribution in [0.2, 0.25) is 0 Å². The van der Waals surface area contributed by atoms with Gasteiger partial charge in [-0.2, -0.15) is 0 Å². The van der Waals surface area contributed by atoms with E-state index in [0.717, 1.165) is 24.9 Å². The van der Waals surface area contributed by atoms with Crippen molar-refractivity contribution in [2.45, 2.75) is 44.6 Å². The van der Waals surface area contributed by atoms with Gasteiger partial charge in [0.05, 0.1) is 6.04 Å². The van der Waals surface area contributed by atoms with Crippen molar-refractivity contribution in [2.24, 2.45) is 0 Å². The monoisotopic (exact) mass is 303 g/mol. The van der Waals surface area contributed by atoms with Crippen molar-refractivity contribution >= 4 is 17.5 Å². The number of carbonyl (C=O) groups excluding carboxylic acids is 2. The van der Waals surface area contributed by atoms with Gasteiger partial charge in [-0.25, -0.2) is 0 Å². The highest BCUT2D eigenvalue weighted by molar-refractivity contribution is 5.79. The Hall–Kier alpha value is -2.04. The van der Waals surface area contributed by atoms with Crippen LogP contribution in [-0.4, -0.2) is 30.8 Å². The molecule has 0 heterocycles. The van der Waals surface area contributed by atoms with Crippen LogP contribution in [0.3, 0.4) is 0 Å². The quantitative estimate of drug-likeness (QED) is 0.817. The summed E-state index contributed by atoms with van der Waals surface area (Å²) in [5.41, 5.74) is 9.01. The van der Waals surface area contributed by atoms with Crippen molar-refractivity contribution in [1.82, 2.24) is 10.2 Å². The van der Waals surface area contributed by atoms with E-state index in [2.05, 4.69) is 5.32 Å². The molecule has 1 aliphatic rings. The fourth-order valence-corrected chi connectivity index (χ4v) is 2.87. The molecule has 3 N–H and O–H groups in total. The third kappa shape index (κ3) is 4.23. The van der Waals surface area contributed by atoms with Crippen molar-refractivity contribution in [2.75, 3.05) is 19.8 Å². The minimum Gasteiger partial charge on any atom is -0.399 e. The molecule has 5 heteroatoms. The topological polar surface area (TPSA) is 75.4 Å². The summed E-state index contributed by atoms with van der Waals surface area (Å²) in [7, 11) is 3.46. The Labute approximate surface area is 131 Å². The molecule has 22 heavy (non-hydrogen) atoms. The zero-order chi connectivity index (χ0) is 16.1. The largest absolute Gasteiger partial charge is 0.399 e. The highest BCUT2D eigenvalue weighted by atomic mass is 16.2. The lowest BCUT2D eigenvalue weighted by Gasteiger charge is -2.26. The van der Waals surface area contributed by atoms with Gasteiger partial charge in [-0.3, -0.25) is 9.59 Å². The van der Waals surface area contributed by atoms with E-state index in [-0.39, 0.29) is 17.9 Å². The zero-order valence-electron chi connectivity index (χ0n) is 13.4. The number of hydrogen-bond donors (Lipinski definition) is 2. The number of aryl methyl sites for hydroxylation is 1. The molecule has 2 rings (SSSR count). The second-order valence-electron chi connectivity index (χ2n) is 6.11. The Morgan fingerprint density at radius 3 is 2.82 bits per heavy atom. The van der Waals surface area contributed by atoms with Gasteiger partial charge in [0.1, 0.15) is 0 Å². The maximum absolute atomic E-state index is 12.1. The molecule has 0 fully saturated rings. The number of benzene rings is 1. The third-order valence-electron chi connectivity index (χ3n) is 4.11. The number of fused-ring (bicyclic) bond motifs is 1. The van der Waals surface area contributed by atoms with Gasteiger partial charge in [-0.15, -0.1) is 0 Å². The number of nitrogens with one attached hydrogen (secondary N) is 1. The van der Waals surface area contributed by atoms with Crippen LogP contribution in [0, 0.1) is 0 Å². The van der Waals surface area contributed by atoms with Crippen molar-refractivity contribution in [1.29, 1.82) is 0 Å². The molecular formula is C17H25N3O2. The molecule has 1 atom stereocenters. The molecule has 0 aromatic heterocycles. The number of nitrogens with two attached hydrogens (primary N) is 1. The fourth-order valence-electron chi connectivity index (χ4n) is 2.87. The first-order chi connectivity index (χ1) is 10.5. The number of hydrogen-bond acceptors (Lipinski definition) is 3. The molecule has 120 valence electrons. The molecule has 5 nitrogen and oxygen atoms in total. The highest BCUT2D eigenvalue weighted by Gasteiger charge is 2.21. The number of anilines is 1. The van der Waals surface area contributed by atoms with E-state index in [1.54, 1.807) is 19.0 Å². The zero-order valence-corrected chi connectivity index (χ0v) is 13.4. The average molecular weight is 303 g/mol. The first kappa shape index (κ1) is 16.3. The SMILES string of the molecule is CN(C)C(=O)CCCC(=O)NC1CCCc2cc(N)ccc21. The van der Waals surface area contributed by atoms with Gasteiger partial charge in [0, 0.05) is 32.6 Å². The number of nitrogens with zero attached hydrogens (tertiary/aromatic N) is 1. The molecule has 1 aromatic rings. The predicted octanol–water partition coefficient (Wildman–Crippen LogP) is 2.02. The number of amides is 2. The summed E-state index contributed by atoms with van der Waals surface area (Å²) in [6.07, 6.45) is 4.42. The van der Waals surface area contributed by atoms with Gasteiger partial charge >= 0.3 is 0 Å².